The standard InChI is InChI=1S/C30H36Cl3N5O5S/c1-38(28(41)23(34)16-19-11-12-20-7-2-3-8-21(20)15-19)25(17-22-9-6-14-44-22)27(40)37-24(26(35)39)10-4-5-13-36-29(42)43-18-30(31,32)33/h2-3,6-9,11-12,14-15,23-25H,4-5,10,13,16-18,34H2,1H3,(H2,35,39)(H,36,42)(H,37,40)/t23-,24-,25-/m1/s1. The van der Waals surface area contributed by atoms with Gasteiger partial charge in [-0.15, -0.1) is 11.3 Å². The Morgan fingerprint density at radius 2 is 1.73 bits per heavy atom. The number of carbonyl (C=O) groups is 4. The molecule has 238 valence electrons. The average molecular weight is 685 g/mol. The molecule has 0 unspecified atom stereocenters. The molecule has 3 atom stereocenters. The Labute approximate surface area is 275 Å². The third kappa shape index (κ3) is 11.4. The van der Waals surface area contributed by atoms with Crippen LogP contribution in [0.15, 0.2) is 60.0 Å². The van der Waals surface area contributed by atoms with E-state index in [-0.39, 0.29) is 25.8 Å². The first kappa shape index (κ1) is 35.4. The zero-order valence-corrected chi connectivity index (χ0v) is 27.2. The van der Waals surface area contributed by atoms with Crippen molar-refractivity contribution >= 4 is 80.7 Å². The molecule has 3 aromatic rings. The molecular weight excluding hydrogens is 649 g/mol. The van der Waals surface area contributed by atoms with Gasteiger partial charge in [0.05, 0.1) is 6.04 Å². The molecule has 4 amide bonds. The Bertz CT molecular complexity index is 1420. The number of alkyl halides is 3. The summed E-state index contributed by atoms with van der Waals surface area (Å²) in [4.78, 5) is 53.1. The maximum atomic E-state index is 13.5. The van der Waals surface area contributed by atoms with Crippen LogP contribution in [0.1, 0.15) is 29.7 Å². The third-order valence-corrected chi connectivity index (χ3v) is 8.12. The van der Waals surface area contributed by atoms with Crippen LogP contribution in [0.2, 0.25) is 0 Å². The van der Waals surface area contributed by atoms with Gasteiger partial charge in [-0.05, 0) is 53.5 Å². The van der Waals surface area contributed by atoms with Gasteiger partial charge in [0.15, 0.2) is 0 Å². The largest absolute Gasteiger partial charge is 0.445 e. The highest BCUT2D eigenvalue weighted by Crippen LogP contribution is 2.26. The summed E-state index contributed by atoms with van der Waals surface area (Å²) in [5, 5.41) is 9.23. The summed E-state index contributed by atoms with van der Waals surface area (Å²) >= 11 is 18.1. The van der Waals surface area contributed by atoms with Gasteiger partial charge in [0.1, 0.15) is 18.7 Å². The van der Waals surface area contributed by atoms with Crippen molar-refractivity contribution in [3.8, 4) is 0 Å². The second kappa shape index (κ2) is 16.8. The number of unbranched alkanes of at least 4 members (excludes halogenated alkanes) is 1. The summed E-state index contributed by atoms with van der Waals surface area (Å²) < 4.78 is 3.07. The number of rotatable bonds is 15. The van der Waals surface area contributed by atoms with Crippen LogP contribution >= 0.6 is 46.1 Å². The molecule has 0 bridgehead atoms. The topological polar surface area (TPSA) is 157 Å². The van der Waals surface area contributed by atoms with Crippen molar-refractivity contribution in [3.05, 3.63) is 70.4 Å². The number of amides is 4. The number of nitrogens with zero attached hydrogens (tertiary/aromatic N) is 1. The fourth-order valence-corrected chi connectivity index (χ4v) is 5.47. The van der Waals surface area contributed by atoms with E-state index in [0.717, 1.165) is 21.2 Å². The molecular formula is C30H36Cl3N5O5S. The molecule has 3 rings (SSSR count). The summed E-state index contributed by atoms with van der Waals surface area (Å²) in [5.74, 6) is -1.65. The molecule has 0 fully saturated rings. The van der Waals surface area contributed by atoms with Gasteiger partial charge in [-0.3, -0.25) is 14.4 Å². The lowest BCUT2D eigenvalue weighted by Gasteiger charge is -2.30. The van der Waals surface area contributed by atoms with E-state index in [4.69, 9.17) is 51.0 Å². The summed E-state index contributed by atoms with van der Waals surface area (Å²) in [6.45, 7) is -0.178. The van der Waals surface area contributed by atoms with Crippen molar-refractivity contribution in [1.82, 2.24) is 15.5 Å². The monoisotopic (exact) mass is 683 g/mol. The van der Waals surface area contributed by atoms with Crippen LogP contribution in [0.3, 0.4) is 0 Å². The van der Waals surface area contributed by atoms with Gasteiger partial charge in [-0.25, -0.2) is 4.79 Å². The highest BCUT2D eigenvalue weighted by Gasteiger charge is 2.32. The summed E-state index contributed by atoms with van der Waals surface area (Å²) in [6, 6.07) is 14.7. The van der Waals surface area contributed by atoms with Crippen molar-refractivity contribution in [2.24, 2.45) is 11.5 Å². The number of likely N-dealkylation sites (N-methyl/N-ethyl adjacent to an activating group) is 1. The number of hydrogen-bond donors (Lipinski definition) is 4. The summed E-state index contributed by atoms with van der Waals surface area (Å²) in [5.41, 5.74) is 12.9. The zero-order chi connectivity index (χ0) is 32.3. The van der Waals surface area contributed by atoms with E-state index in [0.29, 0.717) is 12.8 Å². The molecule has 0 saturated carbocycles. The number of carbonyl (C=O) groups excluding carboxylic acids is 4. The first-order valence-electron chi connectivity index (χ1n) is 13.9. The van der Waals surface area contributed by atoms with Gasteiger partial charge in [0, 0.05) is 24.9 Å². The number of alkyl carbamates (subject to hydrolysis) is 1. The molecule has 1 aromatic heterocycles. The van der Waals surface area contributed by atoms with Crippen molar-refractivity contribution in [2.45, 2.75) is 54.0 Å². The number of primary amides is 1. The molecule has 10 nitrogen and oxygen atoms in total. The number of ether oxygens (including phenoxy) is 1. The van der Waals surface area contributed by atoms with Crippen LogP contribution in [0.4, 0.5) is 4.79 Å². The number of benzene rings is 2. The molecule has 0 saturated heterocycles. The first-order valence-corrected chi connectivity index (χ1v) is 15.9. The fraction of sp³-hybridized carbons (Fsp3) is 0.400. The van der Waals surface area contributed by atoms with Crippen molar-refractivity contribution in [1.29, 1.82) is 0 Å². The number of nitrogens with one attached hydrogen (secondary N) is 2. The molecule has 6 N–H and O–H groups in total. The molecule has 2 aromatic carbocycles. The second-order valence-corrected chi connectivity index (χ2v) is 13.9. The Balaban J connectivity index is 1.60. The molecule has 0 radical (unpaired) electrons. The zero-order valence-electron chi connectivity index (χ0n) is 24.1. The van der Waals surface area contributed by atoms with E-state index in [9.17, 15) is 19.2 Å². The normalized spacial score (nSPS) is 13.5. The minimum atomic E-state index is -1.72. The Morgan fingerprint density at radius 1 is 1.00 bits per heavy atom. The molecule has 0 aliphatic carbocycles. The summed E-state index contributed by atoms with van der Waals surface area (Å²) in [7, 11) is 1.53. The van der Waals surface area contributed by atoms with Crippen LogP contribution in [0.5, 0.6) is 0 Å². The van der Waals surface area contributed by atoms with Crippen LogP contribution < -0.4 is 22.1 Å². The quantitative estimate of drug-likeness (QED) is 0.140. The Morgan fingerprint density at radius 3 is 2.39 bits per heavy atom. The lowest BCUT2D eigenvalue weighted by atomic mass is 10.0. The smallest absolute Gasteiger partial charge is 0.407 e. The highest BCUT2D eigenvalue weighted by atomic mass is 35.6. The predicted octanol–water partition coefficient (Wildman–Crippen LogP) is 4.08. The first-order chi connectivity index (χ1) is 20.8. The molecule has 0 spiro atoms. The van der Waals surface area contributed by atoms with E-state index < -0.39 is 52.3 Å². The van der Waals surface area contributed by atoms with Crippen LogP contribution in [-0.4, -0.2) is 70.8 Å². The van der Waals surface area contributed by atoms with Crippen LogP contribution in [0.25, 0.3) is 10.8 Å². The maximum Gasteiger partial charge on any atom is 0.407 e. The average Bonchev–Trinajstić information content (AvgIpc) is 3.50. The maximum absolute atomic E-state index is 13.5. The predicted molar refractivity (Wildman–Crippen MR) is 175 cm³/mol. The van der Waals surface area contributed by atoms with Gasteiger partial charge in [0.25, 0.3) is 0 Å². The second-order valence-electron chi connectivity index (χ2n) is 10.3. The van der Waals surface area contributed by atoms with Gasteiger partial charge in [-0.2, -0.15) is 0 Å². The van der Waals surface area contributed by atoms with Crippen LogP contribution in [0, 0.1) is 0 Å². The van der Waals surface area contributed by atoms with Gasteiger partial charge in [-0.1, -0.05) is 83.3 Å². The number of fused-ring (bicyclic) bond motifs is 1. The highest BCUT2D eigenvalue weighted by molar-refractivity contribution is 7.09. The molecule has 44 heavy (non-hydrogen) atoms. The van der Waals surface area contributed by atoms with Crippen molar-refractivity contribution in [2.75, 3.05) is 20.2 Å². The third-order valence-electron chi connectivity index (χ3n) is 6.89. The van der Waals surface area contributed by atoms with Crippen molar-refractivity contribution in [3.63, 3.8) is 0 Å². The van der Waals surface area contributed by atoms with E-state index in [1.54, 1.807) is 0 Å². The van der Waals surface area contributed by atoms with Gasteiger partial charge >= 0.3 is 6.09 Å². The number of nitrogens with two attached hydrogens (primary N) is 2. The molecule has 1 heterocycles. The van der Waals surface area contributed by atoms with Crippen molar-refractivity contribution < 1.29 is 23.9 Å². The lowest BCUT2D eigenvalue weighted by Crippen LogP contribution is -2.56. The SMILES string of the molecule is CN(C(=O)[C@H](N)Cc1ccc2ccccc2c1)[C@H](Cc1cccs1)C(=O)N[C@H](CCCCNC(=O)OCC(Cl)(Cl)Cl)C(N)=O. The lowest BCUT2D eigenvalue weighted by molar-refractivity contribution is -0.140. The summed E-state index contributed by atoms with van der Waals surface area (Å²) in [6.07, 6.45) is 0.899. The van der Waals surface area contributed by atoms with E-state index >= 15 is 0 Å². The van der Waals surface area contributed by atoms with Gasteiger partial charge < -0.3 is 31.7 Å². The van der Waals surface area contributed by atoms with E-state index in [1.807, 2.05) is 60.0 Å². The van der Waals surface area contributed by atoms with E-state index in [2.05, 4.69) is 10.6 Å². The Hall–Kier alpha value is -3.09. The number of thiophene rings is 1. The minimum Gasteiger partial charge on any atom is -0.445 e. The Kier molecular flexibility index (Phi) is 13.5. The number of hydrogen-bond acceptors (Lipinski definition) is 7. The van der Waals surface area contributed by atoms with Crippen LogP contribution in [-0.2, 0) is 32.0 Å². The van der Waals surface area contributed by atoms with Gasteiger partial charge in [0.2, 0.25) is 21.5 Å². The molecule has 14 heteroatoms. The molecule has 0 aliphatic heterocycles. The molecule has 0 aliphatic rings. The van der Waals surface area contributed by atoms with E-state index in [1.165, 1.54) is 23.3 Å². The number of halogens is 3. The minimum absolute atomic E-state index is 0.219. The fourth-order valence-electron chi connectivity index (χ4n) is 4.56.